The topological polar surface area (TPSA) is 46.5 Å². The van der Waals surface area contributed by atoms with Crippen molar-refractivity contribution in [3.8, 4) is 11.1 Å². The third kappa shape index (κ3) is 3.00. The molecule has 1 aliphatic rings. The number of rotatable bonds is 2. The zero-order valence-corrected chi connectivity index (χ0v) is 16.6. The number of esters is 1. The minimum absolute atomic E-state index is 0.0195. The molecule has 0 aromatic heterocycles. The first kappa shape index (κ1) is 18.8. The Morgan fingerprint density at radius 2 is 1.50 bits per heavy atom. The van der Waals surface area contributed by atoms with E-state index in [0.717, 1.165) is 11.1 Å². The Morgan fingerprint density at radius 1 is 0.923 bits per heavy atom. The predicted molar refractivity (Wildman–Crippen MR) is 105 cm³/mol. The molecule has 1 N–H and O–H groups in total. The quantitative estimate of drug-likeness (QED) is 0.612. The third-order valence-corrected chi connectivity index (χ3v) is 5.88. The lowest BCUT2D eigenvalue weighted by molar-refractivity contribution is -0.164. The second kappa shape index (κ2) is 6.33. The first-order valence-electron chi connectivity index (χ1n) is 8.27. The van der Waals surface area contributed by atoms with Crippen LogP contribution in [0.4, 0.5) is 0 Å². The molecule has 0 aliphatic carbocycles. The SMILES string of the molecule is CC1(C)OC(=O)C(c2cc(-c3ccc(Cl)cc3)ccc2Cl)=C(O)C1(C)C. The Bertz CT molecular complexity index is 909. The first-order valence-corrected chi connectivity index (χ1v) is 9.03. The number of aliphatic hydroxyl groups is 1. The largest absolute Gasteiger partial charge is 0.511 e. The molecule has 3 nitrogen and oxygen atoms in total. The van der Waals surface area contributed by atoms with E-state index in [-0.39, 0.29) is 11.3 Å². The van der Waals surface area contributed by atoms with E-state index in [4.69, 9.17) is 27.9 Å². The molecule has 3 rings (SSSR count). The van der Waals surface area contributed by atoms with Gasteiger partial charge in [-0.2, -0.15) is 0 Å². The lowest BCUT2D eigenvalue weighted by Crippen LogP contribution is -2.48. The van der Waals surface area contributed by atoms with Crippen molar-refractivity contribution in [3.05, 3.63) is 63.8 Å². The van der Waals surface area contributed by atoms with Crippen molar-refractivity contribution < 1.29 is 14.6 Å². The fourth-order valence-corrected chi connectivity index (χ4v) is 3.22. The van der Waals surface area contributed by atoms with Crippen molar-refractivity contribution in [3.63, 3.8) is 0 Å². The molecule has 0 saturated heterocycles. The maximum atomic E-state index is 12.6. The van der Waals surface area contributed by atoms with Gasteiger partial charge in [-0.05, 0) is 63.1 Å². The Labute approximate surface area is 163 Å². The van der Waals surface area contributed by atoms with Crippen LogP contribution in [0.3, 0.4) is 0 Å². The highest BCUT2D eigenvalue weighted by Crippen LogP contribution is 2.48. The minimum Gasteiger partial charge on any atom is -0.511 e. The molecule has 2 aromatic rings. The standard InChI is InChI=1S/C21H20Cl2O3/c1-20(2)18(24)17(19(25)26-21(20,3)4)15-11-13(7-10-16(15)23)12-5-8-14(22)9-6-12/h5-11,24H,1-4H3. The summed E-state index contributed by atoms with van der Waals surface area (Å²) in [5, 5.41) is 11.9. The maximum absolute atomic E-state index is 12.6. The van der Waals surface area contributed by atoms with E-state index < -0.39 is 17.0 Å². The van der Waals surface area contributed by atoms with Gasteiger partial charge < -0.3 is 9.84 Å². The highest BCUT2D eigenvalue weighted by atomic mass is 35.5. The summed E-state index contributed by atoms with van der Waals surface area (Å²) in [6, 6.07) is 12.7. The van der Waals surface area contributed by atoms with E-state index in [9.17, 15) is 9.90 Å². The second-order valence-electron chi connectivity index (χ2n) is 7.45. The van der Waals surface area contributed by atoms with Gasteiger partial charge in [-0.15, -0.1) is 0 Å². The maximum Gasteiger partial charge on any atom is 0.342 e. The Kier molecular flexibility index (Phi) is 4.58. The van der Waals surface area contributed by atoms with Crippen LogP contribution in [0.1, 0.15) is 33.3 Å². The summed E-state index contributed by atoms with van der Waals surface area (Å²) >= 11 is 12.3. The summed E-state index contributed by atoms with van der Waals surface area (Å²) in [5.74, 6) is -0.601. The molecule has 0 saturated carbocycles. The number of hydrogen-bond donors (Lipinski definition) is 1. The number of carbonyl (C=O) groups is 1. The highest BCUT2D eigenvalue weighted by Gasteiger charge is 2.50. The van der Waals surface area contributed by atoms with Gasteiger partial charge in [0, 0.05) is 15.6 Å². The number of ether oxygens (including phenoxy) is 1. The zero-order chi connectivity index (χ0) is 19.3. The molecule has 0 spiro atoms. The van der Waals surface area contributed by atoms with Crippen molar-refractivity contribution in [2.45, 2.75) is 33.3 Å². The molecule has 2 aromatic carbocycles. The molecule has 136 valence electrons. The summed E-state index contributed by atoms with van der Waals surface area (Å²) in [4.78, 5) is 12.6. The van der Waals surface area contributed by atoms with Gasteiger partial charge in [0.15, 0.2) is 0 Å². The summed E-state index contributed by atoms with van der Waals surface area (Å²) < 4.78 is 5.61. The van der Waals surface area contributed by atoms with Gasteiger partial charge in [-0.25, -0.2) is 4.79 Å². The van der Waals surface area contributed by atoms with E-state index in [1.807, 2.05) is 32.0 Å². The van der Waals surface area contributed by atoms with Gasteiger partial charge in [0.05, 0.1) is 5.41 Å². The van der Waals surface area contributed by atoms with Crippen LogP contribution in [0.5, 0.6) is 0 Å². The molecule has 0 amide bonds. The van der Waals surface area contributed by atoms with E-state index in [1.54, 1.807) is 38.1 Å². The van der Waals surface area contributed by atoms with Gasteiger partial charge in [0.25, 0.3) is 0 Å². The van der Waals surface area contributed by atoms with E-state index in [0.29, 0.717) is 15.6 Å². The van der Waals surface area contributed by atoms with Gasteiger partial charge in [-0.1, -0.05) is 41.4 Å². The van der Waals surface area contributed by atoms with Crippen LogP contribution in [0, 0.1) is 5.41 Å². The van der Waals surface area contributed by atoms with Crippen LogP contribution < -0.4 is 0 Å². The van der Waals surface area contributed by atoms with Crippen LogP contribution in [-0.4, -0.2) is 16.7 Å². The van der Waals surface area contributed by atoms with E-state index in [1.165, 1.54) is 0 Å². The van der Waals surface area contributed by atoms with Crippen LogP contribution in [0.25, 0.3) is 16.7 Å². The number of halogens is 2. The van der Waals surface area contributed by atoms with Gasteiger partial charge >= 0.3 is 5.97 Å². The molecular formula is C21H20Cl2O3. The average molecular weight is 391 g/mol. The average Bonchev–Trinajstić information content (AvgIpc) is 2.55. The van der Waals surface area contributed by atoms with Gasteiger partial charge in [0.2, 0.25) is 0 Å². The number of carbonyl (C=O) groups excluding carboxylic acids is 1. The van der Waals surface area contributed by atoms with Crippen LogP contribution in [-0.2, 0) is 9.53 Å². The number of aliphatic hydroxyl groups excluding tert-OH is 1. The fourth-order valence-electron chi connectivity index (χ4n) is 2.88. The molecule has 0 atom stereocenters. The molecule has 0 fully saturated rings. The summed E-state index contributed by atoms with van der Waals surface area (Å²) in [5.41, 5.74) is 0.752. The van der Waals surface area contributed by atoms with Crippen LogP contribution >= 0.6 is 23.2 Å². The van der Waals surface area contributed by atoms with Gasteiger partial charge in [-0.3, -0.25) is 0 Å². The summed E-state index contributed by atoms with van der Waals surface area (Å²) in [6.45, 7) is 7.24. The number of hydrogen-bond acceptors (Lipinski definition) is 3. The van der Waals surface area contributed by atoms with E-state index >= 15 is 0 Å². The molecular weight excluding hydrogens is 371 g/mol. The molecule has 5 heteroatoms. The number of benzene rings is 2. The van der Waals surface area contributed by atoms with Crippen LogP contribution in [0.2, 0.25) is 10.0 Å². The monoisotopic (exact) mass is 390 g/mol. The smallest absolute Gasteiger partial charge is 0.342 e. The lowest BCUT2D eigenvalue weighted by Gasteiger charge is -2.44. The first-order chi connectivity index (χ1) is 12.0. The van der Waals surface area contributed by atoms with Gasteiger partial charge in [0.1, 0.15) is 16.9 Å². The van der Waals surface area contributed by atoms with E-state index in [2.05, 4.69) is 0 Å². The normalized spacial score (nSPS) is 18.6. The molecule has 0 bridgehead atoms. The van der Waals surface area contributed by atoms with Crippen molar-refractivity contribution in [2.75, 3.05) is 0 Å². The lowest BCUT2D eigenvalue weighted by atomic mass is 9.71. The second-order valence-corrected chi connectivity index (χ2v) is 8.29. The van der Waals surface area contributed by atoms with Crippen molar-refractivity contribution >= 4 is 34.7 Å². The summed E-state index contributed by atoms with van der Waals surface area (Å²) in [6.07, 6.45) is 0. The van der Waals surface area contributed by atoms with Crippen LogP contribution in [0.15, 0.2) is 48.2 Å². The molecule has 26 heavy (non-hydrogen) atoms. The molecule has 0 unspecified atom stereocenters. The predicted octanol–water partition coefficient (Wildman–Crippen LogP) is 6.29. The van der Waals surface area contributed by atoms with Crippen molar-refractivity contribution in [2.24, 2.45) is 5.41 Å². The van der Waals surface area contributed by atoms with Crippen molar-refractivity contribution in [1.29, 1.82) is 0 Å². The molecule has 1 aliphatic heterocycles. The fraction of sp³-hybridized carbons (Fsp3) is 0.286. The Hall–Kier alpha value is -1.97. The Balaban J connectivity index is 2.19. The molecule has 1 heterocycles. The third-order valence-electron chi connectivity index (χ3n) is 5.30. The summed E-state index contributed by atoms with van der Waals surface area (Å²) in [7, 11) is 0. The molecule has 0 radical (unpaired) electrons. The minimum atomic E-state index is -0.835. The van der Waals surface area contributed by atoms with Crippen molar-refractivity contribution in [1.82, 2.24) is 0 Å². The highest BCUT2D eigenvalue weighted by molar-refractivity contribution is 6.35. The Morgan fingerprint density at radius 3 is 2.12 bits per heavy atom. The number of cyclic esters (lactones) is 1. The zero-order valence-electron chi connectivity index (χ0n) is 15.1.